The lowest BCUT2D eigenvalue weighted by molar-refractivity contribution is 0.366. The van der Waals surface area contributed by atoms with E-state index in [-0.39, 0.29) is 5.41 Å². The zero-order valence-corrected chi connectivity index (χ0v) is 10.1. The van der Waals surface area contributed by atoms with E-state index in [2.05, 4.69) is 45.0 Å². The third-order valence-electron chi connectivity index (χ3n) is 2.16. The number of benzene rings is 1. The second-order valence-corrected chi connectivity index (χ2v) is 4.94. The summed E-state index contributed by atoms with van der Waals surface area (Å²) >= 11 is 1.41. The van der Waals surface area contributed by atoms with E-state index < -0.39 is 0 Å². The zero-order valence-electron chi connectivity index (χ0n) is 9.33. The van der Waals surface area contributed by atoms with Gasteiger partial charge in [0.05, 0.1) is 6.61 Å². The molecule has 78 valence electrons. The highest BCUT2D eigenvalue weighted by Crippen LogP contribution is 2.22. The Bertz CT molecular complexity index is 271. The Balaban J connectivity index is 2.69. The van der Waals surface area contributed by atoms with Gasteiger partial charge in [0.2, 0.25) is 0 Å². The molecule has 0 aliphatic heterocycles. The Labute approximate surface area is 91.1 Å². The largest absolute Gasteiger partial charge is 0.311 e. The molecule has 0 saturated heterocycles. The van der Waals surface area contributed by atoms with Crippen LogP contribution in [0.1, 0.15) is 31.9 Å². The van der Waals surface area contributed by atoms with Gasteiger partial charge in [-0.3, -0.25) is 0 Å². The van der Waals surface area contributed by atoms with Gasteiger partial charge in [0.1, 0.15) is 0 Å². The molecule has 0 radical (unpaired) electrons. The van der Waals surface area contributed by atoms with Gasteiger partial charge in [0.15, 0.2) is 0 Å². The van der Waals surface area contributed by atoms with Crippen LogP contribution < -0.4 is 0 Å². The van der Waals surface area contributed by atoms with Crippen molar-refractivity contribution < 1.29 is 4.18 Å². The standard InChI is InChI=1S/C12H18OS/c1-12(2,3)11-7-5-10(6-8-11)9-13-14-4/h5-8H,9H2,1-4H3. The maximum Gasteiger partial charge on any atom is 0.0864 e. The second-order valence-electron chi connectivity index (χ2n) is 4.38. The molecule has 0 bridgehead atoms. The third-order valence-corrected chi connectivity index (χ3v) is 2.52. The number of rotatable bonds is 3. The normalized spacial score (nSPS) is 11.7. The Morgan fingerprint density at radius 2 is 1.71 bits per heavy atom. The second kappa shape index (κ2) is 4.85. The van der Waals surface area contributed by atoms with Crippen LogP contribution in [0.5, 0.6) is 0 Å². The van der Waals surface area contributed by atoms with Gasteiger partial charge in [-0.15, -0.1) is 0 Å². The van der Waals surface area contributed by atoms with Crippen molar-refractivity contribution in [3.05, 3.63) is 35.4 Å². The van der Waals surface area contributed by atoms with Gasteiger partial charge in [0, 0.05) is 6.26 Å². The summed E-state index contributed by atoms with van der Waals surface area (Å²) in [5.41, 5.74) is 2.83. The summed E-state index contributed by atoms with van der Waals surface area (Å²) in [6, 6.07) is 8.63. The summed E-state index contributed by atoms with van der Waals surface area (Å²) < 4.78 is 5.26. The third kappa shape index (κ3) is 3.35. The van der Waals surface area contributed by atoms with E-state index in [1.807, 2.05) is 6.26 Å². The van der Waals surface area contributed by atoms with Gasteiger partial charge >= 0.3 is 0 Å². The average molecular weight is 210 g/mol. The quantitative estimate of drug-likeness (QED) is 0.702. The molecule has 1 aromatic rings. The minimum Gasteiger partial charge on any atom is -0.311 e. The maximum absolute atomic E-state index is 5.26. The molecule has 1 rings (SSSR count). The predicted molar refractivity (Wildman–Crippen MR) is 63.4 cm³/mol. The van der Waals surface area contributed by atoms with Crippen molar-refractivity contribution in [2.75, 3.05) is 6.26 Å². The minimum absolute atomic E-state index is 0.235. The van der Waals surface area contributed by atoms with Gasteiger partial charge in [0.25, 0.3) is 0 Å². The molecular formula is C12H18OS. The fraction of sp³-hybridized carbons (Fsp3) is 0.500. The number of hydrogen-bond acceptors (Lipinski definition) is 2. The van der Waals surface area contributed by atoms with E-state index in [9.17, 15) is 0 Å². The first-order valence-electron chi connectivity index (χ1n) is 4.79. The van der Waals surface area contributed by atoms with Crippen LogP contribution in [0, 0.1) is 0 Å². The molecule has 0 atom stereocenters. The van der Waals surface area contributed by atoms with Crippen LogP contribution >= 0.6 is 12.0 Å². The van der Waals surface area contributed by atoms with E-state index in [4.69, 9.17) is 4.18 Å². The summed E-state index contributed by atoms with van der Waals surface area (Å²) in [6.45, 7) is 7.35. The summed E-state index contributed by atoms with van der Waals surface area (Å²) in [4.78, 5) is 0. The van der Waals surface area contributed by atoms with Crippen LogP contribution in [0.2, 0.25) is 0 Å². The van der Waals surface area contributed by atoms with Crippen molar-refractivity contribution in [3.8, 4) is 0 Å². The molecule has 14 heavy (non-hydrogen) atoms. The summed E-state index contributed by atoms with van der Waals surface area (Å²) in [5.74, 6) is 0. The van der Waals surface area contributed by atoms with Crippen LogP contribution in [-0.2, 0) is 16.2 Å². The highest BCUT2D eigenvalue weighted by Gasteiger charge is 2.12. The first-order valence-corrected chi connectivity index (χ1v) is 5.94. The molecule has 0 heterocycles. The number of hydrogen-bond donors (Lipinski definition) is 0. The van der Waals surface area contributed by atoms with Crippen molar-refractivity contribution in [1.29, 1.82) is 0 Å². The van der Waals surface area contributed by atoms with Crippen molar-refractivity contribution >= 4 is 12.0 Å². The van der Waals surface area contributed by atoms with Gasteiger partial charge in [-0.1, -0.05) is 45.0 Å². The van der Waals surface area contributed by atoms with Crippen LogP contribution in [-0.4, -0.2) is 6.26 Å². The molecule has 1 nitrogen and oxygen atoms in total. The first kappa shape index (κ1) is 11.6. The lowest BCUT2D eigenvalue weighted by atomic mass is 9.87. The van der Waals surface area contributed by atoms with Gasteiger partial charge < -0.3 is 4.18 Å². The molecule has 0 amide bonds. The fourth-order valence-electron chi connectivity index (χ4n) is 1.23. The molecule has 0 N–H and O–H groups in total. The summed E-state index contributed by atoms with van der Waals surface area (Å²) in [6.07, 6.45) is 1.93. The van der Waals surface area contributed by atoms with Crippen LogP contribution in [0.3, 0.4) is 0 Å². The van der Waals surface area contributed by atoms with Crippen LogP contribution in [0.25, 0.3) is 0 Å². The van der Waals surface area contributed by atoms with E-state index in [1.54, 1.807) is 0 Å². The first-order chi connectivity index (χ1) is 6.54. The van der Waals surface area contributed by atoms with Crippen molar-refractivity contribution in [1.82, 2.24) is 0 Å². The molecule has 0 fully saturated rings. The summed E-state index contributed by atoms with van der Waals surface area (Å²) in [7, 11) is 0. The molecule has 2 heteroatoms. The Kier molecular flexibility index (Phi) is 4.02. The van der Waals surface area contributed by atoms with Crippen LogP contribution in [0.4, 0.5) is 0 Å². The van der Waals surface area contributed by atoms with Gasteiger partial charge in [-0.2, -0.15) is 0 Å². The molecule has 0 aliphatic rings. The molecular weight excluding hydrogens is 192 g/mol. The minimum atomic E-state index is 0.235. The Morgan fingerprint density at radius 1 is 1.14 bits per heavy atom. The van der Waals surface area contributed by atoms with E-state index in [0.29, 0.717) is 6.61 Å². The highest BCUT2D eigenvalue weighted by molar-refractivity contribution is 7.93. The topological polar surface area (TPSA) is 9.23 Å². The molecule has 0 aliphatic carbocycles. The molecule has 0 aromatic heterocycles. The van der Waals surface area contributed by atoms with Crippen molar-refractivity contribution in [2.45, 2.75) is 32.8 Å². The van der Waals surface area contributed by atoms with Crippen LogP contribution in [0.15, 0.2) is 24.3 Å². The van der Waals surface area contributed by atoms with E-state index in [0.717, 1.165) is 0 Å². The average Bonchev–Trinajstić information content (AvgIpc) is 2.14. The maximum atomic E-state index is 5.26. The molecule has 0 saturated carbocycles. The zero-order chi connectivity index (χ0) is 10.6. The van der Waals surface area contributed by atoms with Gasteiger partial charge in [-0.25, -0.2) is 0 Å². The Hall–Kier alpha value is -0.470. The van der Waals surface area contributed by atoms with E-state index >= 15 is 0 Å². The molecule has 1 aromatic carbocycles. The molecule has 0 unspecified atom stereocenters. The molecule has 0 spiro atoms. The van der Waals surface area contributed by atoms with Gasteiger partial charge in [-0.05, 0) is 28.6 Å². The monoisotopic (exact) mass is 210 g/mol. The summed E-state index contributed by atoms with van der Waals surface area (Å²) in [5, 5.41) is 0. The Morgan fingerprint density at radius 3 is 2.14 bits per heavy atom. The highest BCUT2D eigenvalue weighted by atomic mass is 32.2. The lowest BCUT2D eigenvalue weighted by Gasteiger charge is -2.19. The fourth-order valence-corrected chi connectivity index (χ4v) is 1.48. The van der Waals surface area contributed by atoms with Crippen molar-refractivity contribution in [3.63, 3.8) is 0 Å². The van der Waals surface area contributed by atoms with E-state index in [1.165, 1.54) is 23.2 Å². The smallest absolute Gasteiger partial charge is 0.0864 e. The SMILES string of the molecule is CSOCc1ccc(C(C)(C)C)cc1. The predicted octanol–water partition coefficient (Wildman–Crippen LogP) is 3.78. The van der Waals surface area contributed by atoms with Crippen molar-refractivity contribution in [2.24, 2.45) is 0 Å². The lowest BCUT2D eigenvalue weighted by Crippen LogP contribution is -2.10.